The molecule has 0 bridgehead atoms. The van der Waals surface area contributed by atoms with Crippen LogP contribution in [0.3, 0.4) is 0 Å². The van der Waals surface area contributed by atoms with Crippen molar-refractivity contribution >= 4 is 5.78 Å². The van der Waals surface area contributed by atoms with Crippen LogP contribution in [0.4, 0.5) is 0 Å². The van der Waals surface area contributed by atoms with E-state index in [9.17, 15) is 4.79 Å². The van der Waals surface area contributed by atoms with Crippen molar-refractivity contribution in [1.82, 2.24) is 0 Å². The van der Waals surface area contributed by atoms with E-state index in [-0.39, 0.29) is 5.78 Å². The van der Waals surface area contributed by atoms with Crippen molar-refractivity contribution in [3.63, 3.8) is 0 Å². The van der Waals surface area contributed by atoms with Gasteiger partial charge < -0.3 is 0 Å². The van der Waals surface area contributed by atoms with Crippen molar-refractivity contribution < 1.29 is 4.79 Å². The van der Waals surface area contributed by atoms with E-state index in [4.69, 9.17) is 5.26 Å². The second-order valence-corrected chi connectivity index (χ2v) is 3.61. The molecule has 1 aromatic carbocycles. The van der Waals surface area contributed by atoms with Crippen molar-refractivity contribution in [2.75, 3.05) is 0 Å². The summed E-state index contributed by atoms with van der Waals surface area (Å²) in [7, 11) is 0. The zero-order valence-electron chi connectivity index (χ0n) is 7.92. The van der Waals surface area contributed by atoms with Crippen molar-refractivity contribution in [3.05, 3.63) is 34.9 Å². The number of Topliss-reactive ketones (excluding diaryl/α,β-unsaturated/α-hetero) is 1. The first-order valence-electron chi connectivity index (χ1n) is 4.87. The standard InChI is InChI=1S/C12H11NO/c13-8-9-5-6-11-10(7-9)3-1-2-4-12(11)14/h5-7H,1-4H2. The molecular weight excluding hydrogens is 174 g/mol. The molecule has 0 radical (unpaired) electrons. The van der Waals surface area contributed by atoms with E-state index in [0.29, 0.717) is 12.0 Å². The molecule has 0 atom stereocenters. The smallest absolute Gasteiger partial charge is 0.163 e. The number of hydrogen-bond donors (Lipinski definition) is 0. The molecule has 0 N–H and O–H groups in total. The number of nitrogens with zero attached hydrogens (tertiary/aromatic N) is 1. The third-order valence-corrected chi connectivity index (χ3v) is 2.63. The molecule has 1 aliphatic rings. The number of benzene rings is 1. The van der Waals surface area contributed by atoms with Gasteiger partial charge >= 0.3 is 0 Å². The summed E-state index contributed by atoms with van der Waals surface area (Å²) in [6.45, 7) is 0. The second-order valence-electron chi connectivity index (χ2n) is 3.61. The number of nitriles is 1. The van der Waals surface area contributed by atoms with Crippen LogP contribution in [0.5, 0.6) is 0 Å². The average Bonchev–Trinajstić information content (AvgIpc) is 2.40. The topological polar surface area (TPSA) is 40.9 Å². The van der Waals surface area contributed by atoms with E-state index in [0.717, 1.165) is 30.4 Å². The molecule has 0 saturated carbocycles. The summed E-state index contributed by atoms with van der Waals surface area (Å²) in [4.78, 5) is 11.6. The SMILES string of the molecule is N#Cc1ccc2c(c1)CCCCC2=O. The van der Waals surface area contributed by atoms with Gasteiger partial charge in [0.05, 0.1) is 11.6 Å². The van der Waals surface area contributed by atoms with Crippen molar-refractivity contribution in [2.24, 2.45) is 0 Å². The number of aryl methyl sites for hydroxylation is 1. The van der Waals surface area contributed by atoms with Crippen LogP contribution in [-0.4, -0.2) is 5.78 Å². The first-order chi connectivity index (χ1) is 6.81. The summed E-state index contributed by atoms with van der Waals surface area (Å²) in [5.74, 6) is 0.224. The molecule has 2 rings (SSSR count). The number of hydrogen-bond acceptors (Lipinski definition) is 2. The van der Waals surface area contributed by atoms with Gasteiger partial charge in [-0.2, -0.15) is 5.26 Å². The highest BCUT2D eigenvalue weighted by Gasteiger charge is 2.15. The third-order valence-electron chi connectivity index (χ3n) is 2.63. The van der Waals surface area contributed by atoms with E-state index < -0.39 is 0 Å². The van der Waals surface area contributed by atoms with E-state index in [1.807, 2.05) is 6.07 Å². The minimum absolute atomic E-state index is 0.224. The average molecular weight is 185 g/mol. The van der Waals surface area contributed by atoms with Gasteiger partial charge in [-0.05, 0) is 43.0 Å². The van der Waals surface area contributed by atoms with Gasteiger partial charge in [0.15, 0.2) is 5.78 Å². The Morgan fingerprint density at radius 3 is 2.79 bits per heavy atom. The summed E-state index contributed by atoms with van der Waals surface area (Å²) >= 11 is 0. The number of carbonyl (C=O) groups is 1. The Morgan fingerprint density at radius 1 is 1.21 bits per heavy atom. The lowest BCUT2D eigenvalue weighted by Gasteiger charge is -2.03. The Morgan fingerprint density at radius 2 is 2.00 bits per heavy atom. The van der Waals surface area contributed by atoms with Gasteiger partial charge in [0.2, 0.25) is 0 Å². The lowest BCUT2D eigenvalue weighted by atomic mass is 10.00. The molecule has 0 fully saturated rings. The van der Waals surface area contributed by atoms with Crippen LogP contribution in [0.1, 0.15) is 40.7 Å². The molecule has 0 amide bonds. The van der Waals surface area contributed by atoms with Crippen LogP contribution in [0, 0.1) is 11.3 Å². The van der Waals surface area contributed by atoms with Crippen molar-refractivity contribution in [2.45, 2.75) is 25.7 Å². The van der Waals surface area contributed by atoms with Crippen LogP contribution in [0.2, 0.25) is 0 Å². The number of ketones is 1. The van der Waals surface area contributed by atoms with Gasteiger partial charge in [0.25, 0.3) is 0 Å². The van der Waals surface area contributed by atoms with Gasteiger partial charge in [-0.15, -0.1) is 0 Å². The zero-order chi connectivity index (χ0) is 9.97. The number of fused-ring (bicyclic) bond motifs is 1. The normalized spacial score (nSPS) is 15.5. The van der Waals surface area contributed by atoms with E-state index in [1.165, 1.54) is 0 Å². The summed E-state index contributed by atoms with van der Waals surface area (Å²) in [6, 6.07) is 7.46. The van der Waals surface area contributed by atoms with Crippen LogP contribution in [0.15, 0.2) is 18.2 Å². The molecule has 70 valence electrons. The lowest BCUT2D eigenvalue weighted by molar-refractivity contribution is 0.0982. The Kier molecular flexibility index (Phi) is 2.32. The number of carbonyl (C=O) groups excluding carboxylic acids is 1. The first kappa shape index (κ1) is 8.96. The molecular formula is C12H11NO. The fraction of sp³-hybridized carbons (Fsp3) is 0.333. The molecule has 0 aromatic heterocycles. The fourth-order valence-electron chi connectivity index (χ4n) is 1.88. The molecule has 0 heterocycles. The van der Waals surface area contributed by atoms with Crippen LogP contribution in [-0.2, 0) is 6.42 Å². The maximum Gasteiger partial charge on any atom is 0.163 e. The molecule has 1 aliphatic carbocycles. The van der Waals surface area contributed by atoms with Gasteiger partial charge in [-0.3, -0.25) is 4.79 Å². The van der Waals surface area contributed by atoms with E-state index in [2.05, 4.69) is 6.07 Å². The van der Waals surface area contributed by atoms with Crippen molar-refractivity contribution in [3.8, 4) is 6.07 Å². The van der Waals surface area contributed by atoms with Crippen LogP contribution in [0.25, 0.3) is 0 Å². The monoisotopic (exact) mass is 185 g/mol. The quantitative estimate of drug-likeness (QED) is 0.582. The maximum absolute atomic E-state index is 11.6. The Hall–Kier alpha value is -1.62. The first-order valence-corrected chi connectivity index (χ1v) is 4.87. The third kappa shape index (κ3) is 1.54. The Labute approximate surface area is 83.2 Å². The van der Waals surface area contributed by atoms with Gasteiger partial charge in [-0.25, -0.2) is 0 Å². The zero-order valence-corrected chi connectivity index (χ0v) is 7.92. The summed E-state index contributed by atoms with van der Waals surface area (Å²) in [6.07, 6.45) is 3.60. The van der Waals surface area contributed by atoms with Gasteiger partial charge in [0.1, 0.15) is 0 Å². The Balaban J connectivity index is 2.49. The minimum atomic E-state index is 0.224. The maximum atomic E-state index is 11.6. The van der Waals surface area contributed by atoms with E-state index in [1.54, 1.807) is 12.1 Å². The predicted molar refractivity (Wildman–Crippen MR) is 53.0 cm³/mol. The summed E-state index contributed by atoms with van der Waals surface area (Å²) in [5, 5.41) is 8.74. The molecule has 0 unspecified atom stereocenters. The highest BCUT2D eigenvalue weighted by Crippen LogP contribution is 2.21. The molecule has 0 spiro atoms. The molecule has 0 aliphatic heterocycles. The molecule has 1 aromatic rings. The predicted octanol–water partition coefficient (Wildman–Crippen LogP) is 2.47. The fourth-order valence-corrected chi connectivity index (χ4v) is 1.88. The Bertz CT molecular complexity index is 415. The largest absolute Gasteiger partial charge is 0.294 e. The molecule has 2 nitrogen and oxygen atoms in total. The van der Waals surface area contributed by atoms with Crippen LogP contribution < -0.4 is 0 Å². The van der Waals surface area contributed by atoms with Crippen molar-refractivity contribution in [1.29, 1.82) is 5.26 Å². The molecule has 0 saturated heterocycles. The lowest BCUT2D eigenvalue weighted by Crippen LogP contribution is -2.00. The minimum Gasteiger partial charge on any atom is -0.294 e. The van der Waals surface area contributed by atoms with Gasteiger partial charge in [-0.1, -0.05) is 0 Å². The van der Waals surface area contributed by atoms with E-state index >= 15 is 0 Å². The highest BCUT2D eigenvalue weighted by molar-refractivity contribution is 5.97. The molecule has 2 heteroatoms. The highest BCUT2D eigenvalue weighted by atomic mass is 16.1. The summed E-state index contributed by atoms with van der Waals surface area (Å²) < 4.78 is 0. The second kappa shape index (κ2) is 3.63. The number of rotatable bonds is 0. The molecule has 14 heavy (non-hydrogen) atoms. The van der Waals surface area contributed by atoms with Gasteiger partial charge in [0, 0.05) is 12.0 Å². The summed E-state index contributed by atoms with van der Waals surface area (Å²) in [5.41, 5.74) is 2.52. The van der Waals surface area contributed by atoms with Crippen LogP contribution >= 0.6 is 0 Å².